The smallest absolute Gasteiger partial charge is 0.186 e. The maximum Gasteiger partial charge on any atom is 0.186 e. The van der Waals surface area contributed by atoms with Gasteiger partial charge in [0.2, 0.25) is 0 Å². The van der Waals surface area contributed by atoms with Gasteiger partial charge in [-0.05, 0) is 86.9 Å². The summed E-state index contributed by atoms with van der Waals surface area (Å²) < 4.78 is 12.3. The second-order valence-electron chi connectivity index (χ2n) is 17.1. The number of fused-ring (bicyclic) bond motifs is 5. The van der Waals surface area contributed by atoms with Crippen molar-refractivity contribution in [2.45, 2.75) is 156 Å². The van der Waals surface area contributed by atoms with Crippen molar-refractivity contribution in [1.82, 2.24) is 0 Å². The highest BCUT2D eigenvalue weighted by molar-refractivity contribution is 5.88. The van der Waals surface area contributed by atoms with Crippen molar-refractivity contribution in [2.75, 3.05) is 6.61 Å². The van der Waals surface area contributed by atoms with E-state index in [1.54, 1.807) is 0 Å². The molecule has 43 heavy (non-hydrogen) atoms. The van der Waals surface area contributed by atoms with Crippen molar-refractivity contribution in [3.05, 3.63) is 11.6 Å². The van der Waals surface area contributed by atoms with Gasteiger partial charge >= 0.3 is 0 Å². The molecule has 0 aromatic heterocycles. The summed E-state index contributed by atoms with van der Waals surface area (Å²) in [6.45, 7) is 17.5. The highest BCUT2D eigenvalue weighted by atomic mass is 16.7. The number of carbonyl (C=O) groups is 1. The summed E-state index contributed by atoms with van der Waals surface area (Å²) in [5.41, 5.74) is -0.0679. The number of aliphatic hydroxyl groups is 4. The molecule has 5 aliphatic rings. The van der Waals surface area contributed by atoms with Crippen molar-refractivity contribution in [2.24, 2.45) is 45.3 Å². The van der Waals surface area contributed by atoms with Crippen LogP contribution in [-0.2, 0) is 14.3 Å². The van der Waals surface area contributed by atoms with Crippen LogP contribution >= 0.6 is 0 Å². The molecule has 1 saturated heterocycles. The van der Waals surface area contributed by atoms with Gasteiger partial charge in [-0.2, -0.15) is 0 Å². The molecule has 3 unspecified atom stereocenters. The van der Waals surface area contributed by atoms with E-state index in [2.05, 4.69) is 47.6 Å². The molecular weight excluding hydrogens is 544 g/mol. The number of Topliss-reactive ketones (excluding diaryl/α,β-unsaturated/α-hetero) is 1. The van der Waals surface area contributed by atoms with Crippen LogP contribution in [0.4, 0.5) is 0 Å². The maximum absolute atomic E-state index is 14.6. The first kappa shape index (κ1) is 33.5. The number of ketones is 1. The first-order chi connectivity index (χ1) is 19.9. The van der Waals surface area contributed by atoms with E-state index in [9.17, 15) is 25.2 Å². The molecule has 12 atom stereocenters. The molecule has 0 amide bonds. The van der Waals surface area contributed by atoms with Gasteiger partial charge in [0, 0.05) is 23.7 Å². The lowest BCUT2D eigenvalue weighted by Gasteiger charge is -2.65. The third-order valence-corrected chi connectivity index (χ3v) is 13.8. The maximum atomic E-state index is 14.6. The van der Waals surface area contributed by atoms with Crippen LogP contribution < -0.4 is 0 Å². The second kappa shape index (κ2) is 11.5. The van der Waals surface area contributed by atoms with Crippen LogP contribution in [0.1, 0.15) is 120 Å². The van der Waals surface area contributed by atoms with E-state index in [0.29, 0.717) is 30.0 Å². The first-order valence-corrected chi connectivity index (χ1v) is 17.1. The van der Waals surface area contributed by atoms with Crippen LogP contribution in [0.5, 0.6) is 0 Å². The molecule has 4 N–H and O–H groups in total. The Hall–Kier alpha value is -0.830. The fraction of sp³-hybridized carbons (Fsp3) is 0.917. The molecule has 246 valence electrons. The minimum atomic E-state index is -1.16. The molecule has 3 saturated carbocycles. The molecule has 7 heteroatoms. The first-order valence-electron chi connectivity index (χ1n) is 17.1. The van der Waals surface area contributed by atoms with Gasteiger partial charge < -0.3 is 29.9 Å². The zero-order valence-electron chi connectivity index (χ0n) is 28.1. The summed E-state index contributed by atoms with van der Waals surface area (Å²) in [6, 6.07) is 0. The minimum Gasteiger partial charge on any atom is -0.394 e. The van der Waals surface area contributed by atoms with Gasteiger partial charge in [0.25, 0.3) is 0 Å². The third-order valence-electron chi connectivity index (χ3n) is 13.8. The van der Waals surface area contributed by atoms with Crippen molar-refractivity contribution in [3.8, 4) is 0 Å². The molecule has 4 fully saturated rings. The van der Waals surface area contributed by atoms with Crippen LogP contribution in [0.2, 0.25) is 0 Å². The molecule has 1 heterocycles. The SMILES string of the molecule is C[C@H](CCCC(C)(C)O)C1CC[C@@]2(C)C3CC=C4C(CC[C@H](O[C@@H]5O[C@H](CO)C[C@H](O)[C@H]5O)C4(C)C)[C@]3(C)C(=O)C[C@]12C. The summed E-state index contributed by atoms with van der Waals surface area (Å²) in [5, 5.41) is 40.9. The van der Waals surface area contributed by atoms with Crippen LogP contribution in [0.15, 0.2) is 11.6 Å². The van der Waals surface area contributed by atoms with E-state index in [1.807, 2.05) is 13.8 Å². The predicted octanol–water partition coefficient (Wildman–Crippen LogP) is 5.56. The molecular formula is C36H60O7. The normalized spacial score (nSPS) is 46.9. The van der Waals surface area contributed by atoms with Crippen LogP contribution in [0.3, 0.4) is 0 Å². The summed E-state index contributed by atoms with van der Waals surface area (Å²) in [4.78, 5) is 14.6. The number of rotatable bonds is 8. The third kappa shape index (κ3) is 5.40. The van der Waals surface area contributed by atoms with Crippen molar-refractivity contribution < 1.29 is 34.7 Å². The molecule has 1 aliphatic heterocycles. The fourth-order valence-electron chi connectivity index (χ4n) is 11.0. The quantitative estimate of drug-likeness (QED) is 0.268. The number of hydrogen-bond acceptors (Lipinski definition) is 7. The van der Waals surface area contributed by atoms with Crippen LogP contribution in [0, 0.1) is 45.3 Å². The topological polar surface area (TPSA) is 116 Å². The molecule has 0 aromatic carbocycles. The molecule has 5 rings (SSSR count). The molecule has 7 nitrogen and oxygen atoms in total. The summed E-state index contributed by atoms with van der Waals surface area (Å²) in [6.07, 6.45) is 7.01. The van der Waals surface area contributed by atoms with Crippen molar-refractivity contribution in [3.63, 3.8) is 0 Å². The van der Waals surface area contributed by atoms with Gasteiger partial charge in [-0.3, -0.25) is 4.79 Å². The molecule has 0 radical (unpaired) electrons. The Morgan fingerprint density at radius 1 is 1.09 bits per heavy atom. The molecule has 0 aromatic rings. The molecule has 0 bridgehead atoms. The number of hydrogen-bond donors (Lipinski definition) is 4. The Labute approximate surface area is 259 Å². The van der Waals surface area contributed by atoms with E-state index >= 15 is 0 Å². The highest BCUT2D eigenvalue weighted by Crippen LogP contribution is 2.74. The van der Waals surface area contributed by atoms with Gasteiger partial charge in [0.1, 0.15) is 11.9 Å². The van der Waals surface area contributed by atoms with E-state index in [0.717, 1.165) is 44.9 Å². The Balaban J connectivity index is 1.37. The predicted molar refractivity (Wildman–Crippen MR) is 166 cm³/mol. The van der Waals surface area contributed by atoms with Crippen LogP contribution in [0.25, 0.3) is 0 Å². The van der Waals surface area contributed by atoms with Crippen molar-refractivity contribution in [1.29, 1.82) is 0 Å². The van der Waals surface area contributed by atoms with E-state index in [4.69, 9.17) is 9.47 Å². The monoisotopic (exact) mass is 604 g/mol. The molecule has 4 aliphatic carbocycles. The van der Waals surface area contributed by atoms with Crippen LogP contribution in [-0.4, -0.2) is 69.1 Å². The Morgan fingerprint density at radius 3 is 2.44 bits per heavy atom. The van der Waals surface area contributed by atoms with E-state index in [1.165, 1.54) is 12.0 Å². The summed E-state index contributed by atoms with van der Waals surface area (Å²) >= 11 is 0. The number of allylic oxidation sites excluding steroid dienone is 1. The lowest BCUT2D eigenvalue weighted by atomic mass is 9.38. The Morgan fingerprint density at radius 2 is 1.79 bits per heavy atom. The summed E-state index contributed by atoms with van der Waals surface area (Å²) in [7, 11) is 0. The average Bonchev–Trinajstić information content (AvgIpc) is 3.18. The minimum absolute atomic E-state index is 0.0257. The number of ether oxygens (including phenoxy) is 2. The van der Waals surface area contributed by atoms with E-state index < -0.39 is 35.6 Å². The van der Waals surface area contributed by atoms with Crippen molar-refractivity contribution >= 4 is 5.78 Å². The zero-order chi connectivity index (χ0) is 31.8. The largest absolute Gasteiger partial charge is 0.394 e. The number of aliphatic hydroxyl groups excluding tert-OH is 3. The fourth-order valence-corrected chi connectivity index (χ4v) is 11.0. The lowest BCUT2D eigenvalue weighted by molar-refractivity contribution is -0.295. The van der Waals surface area contributed by atoms with E-state index in [-0.39, 0.29) is 41.3 Å². The van der Waals surface area contributed by atoms with Gasteiger partial charge in [0.15, 0.2) is 6.29 Å². The Bertz CT molecular complexity index is 1080. The number of carbonyl (C=O) groups excluding carboxylic acids is 1. The molecule has 0 spiro atoms. The second-order valence-corrected chi connectivity index (χ2v) is 17.1. The summed E-state index contributed by atoms with van der Waals surface area (Å²) in [5.74, 6) is 1.92. The van der Waals surface area contributed by atoms with Gasteiger partial charge in [-0.1, -0.05) is 66.0 Å². The highest BCUT2D eigenvalue weighted by Gasteiger charge is 2.70. The van der Waals surface area contributed by atoms with Gasteiger partial charge in [-0.15, -0.1) is 0 Å². The lowest BCUT2D eigenvalue weighted by Crippen LogP contribution is -2.63. The van der Waals surface area contributed by atoms with Gasteiger partial charge in [0.05, 0.1) is 30.5 Å². The van der Waals surface area contributed by atoms with Gasteiger partial charge in [-0.25, -0.2) is 0 Å². The standard InChI is InChI=1S/C36H60O7/c1-21(10-9-16-32(2,3)41)23-15-17-34(6)27-13-11-24-25(36(27,8)28(39)19-35(23,34)7)12-14-29(33(24,4)5)43-31-30(40)26(38)18-22(20-37)42-31/h11,21-23,25-27,29-31,37-38,40-41H,9-10,12-20H2,1-8H3/t21-,22+,23?,25?,26+,27?,29+,30-,31+,34+,35-,36+/m1/s1. The Kier molecular flexibility index (Phi) is 8.93. The zero-order valence-corrected chi connectivity index (χ0v) is 28.1. The average molecular weight is 605 g/mol.